The predicted octanol–water partition coefficient (Wildman–Crippen LogP) is 4.53. The van der Waals surface area contributed by atoms with E-state index in [9.17, 15) is 9.18 Å². The highest BCUT2D eigenvalue weighted by Crippen LogP contribution is 2.31. The number of pyridine rings is 1. The summed E-state index contributed by atoms with van der Waals surface area (Å²) in [5, 5.41) is 1.27. The Labute approximate surface area is 133 Å². The van der Waals surface area contributed by atoms with Gasteiger partial charge in [0.05, 0.1) is 17.9 Å². The highest BCUT2D eigenvalue weighted by molar-refractivity contribution is 6.09. The summed E-state index contributed by atoms with van der Waals surface area (Å²) in [7, 11) is 0. The molecule has 3 rings (SSSR count). The van der Waals surface area contributed by atoms with Gasteiger partial charge in [-0.25, -0.2) is 9.18 Å². The highest BCUT2D eigenvalue weighted by Gasteiger charge is 2.21. The van der Waals surface area contributed by atoms with E-state index in [1.165, 1.54) is 12.1 Å². The Hall–Kier alpha value is -2.75. The molecule has 0 radical (unpaired) electrons. The molecule has 116 valence electrons. The van der Waals surface area contributed by atoms with E-state index in [1.54, 1.807) is 13.0 Å². The van der Waals surface area contributed by atoms with Gasteiger partial charge in [0.15, 0.2) is 0 Å². The Morgan fingerprint density at radius 2 is 1.87 bits per heavy atom. The maximum atomic E-state index is 13.6. The van der Waals surface area contributed by atoms with E-state index in [-0.39, 0.29) is 12.4 Å². The van der Waals surface area contributed by atoms with Crippen LogP contribution in [0.3, 0.4) is 0 Å². The van der Waals surface area contributed by atoms with Crippen LogP contribution in [-0.4, -0.2) is 17.6 Å². The molecule has 0 aliphatic carbocycles. The number of hydrogen-bond donors (Lipinski definition) is 0. The van der Waals surface area contributed by atoms with E-state index in [0.29, 0.717) is 27.7 Å². The van der Waals surface area contributed by atoms with Crippen LogP contribution in [0.4, 0.5) is 4.39 Å². The van der Waals surface area contributed by atoms with Crippen molar-refractivity contribution in [1.82, 2.24) is 4.98 Å². The van der Waals surface area contributed by atoms with Gasteiger partial charge in [0, 0.05) is 22.0 Å². The summed E-state index contributed by atoms with van der Waals surface area (Å²) in [5.41, 5.74) is 2.43. The first-order chi connectivity index (χ1) is 11.1. The molecule has 1 heterocycles. The van der Waals surface area contributed by atoms with Crippen LogP contribution in [0.1, 0.15) is 23.0 Å². The molecule has 0 saturated carbocycles. The van der Waals surface area contributed by atoms with Gasteiger partial charge >= 0.3 is 5.97 Å². The minimum atomic E-state index is -0.449. The fourth-order valence-corrected chi connectivity index (χ4v) is 2.66. The molecule has 1 aromatic heterocycles. The molecule has 0 amide bonds. The third-order valence-corrected chi connectivity index (χ3v) is 3.68. The lowest BCUT2D eigenvalue weighted by Gasteiger charge is -2.14. The van der Waals surface area contributed by atoms with Crippen LogP contribution in [0, 0.1) is 12.7 Å². The molecule has 0 N–H and O–H groups in total. The smallest absolute Gasteiger partial charge is 0.340 e. The third kappa shape index (κ3) is 2.80. The maximum Gasteiger partial charge on any atom is 0.340 e. The number of aryl methyl sites for hydroxylation is 1. The molecule has 4 heteroatoms. The Bertz CT molecular complexity index is 875. The zero-order valence-electron chi connectivity index (χ0n) is 13.0. The molecule has 0 atom stereocenters. The first kappa shape index (κ1) is 15.2. The van der Waals surface area contributed by atoms with Crippen molar-refractivity contribution in [3.05, 3.63) is 65.6 Å². The molecule has 0 saturated heterocycles. The number of hydrogen-bond acceptors (Lipinski definition) is 3. The number of rotatable bonds is 3. The summed E-state index contributed by atoms with van der Waals surface area (Å²) in [6.07, 6.45) is 0. The van der Waals surface area contributed by atoms with E-state index in [4.69, 9.17) is 4.74 Å². The van der Waals surface area contributed by atoms with E-state index >= 15 is 0 Å². The number of halogens is 1. The lowest BCUT2D eigenvalue weighted by Crippen LogP contribution is -2.10. The van der Waals surface area contributed by atoms with Gasteiger partial charge in [-0.15, -0.1) is 0 Å². The largest absolute Gasteiger partial charge is 0.462 e. The summed E-state index contributed by atoms with van der Waals surface area (Å²) in [4.78, 5) is 17.0. The summed E-state index contributed by atoms with van der Waals surface area (Å²) in [5.74, 6) is -0.805. The number of fused-ring (bicyclic) bond motifs is 1. The minimum absolute atomic E-state index is 0.267. The van der Waals surface area contributed by atoms with Crippen LogP contribution >= 0.6 is 0 Å². The molecule has 3 nitrogen and oxygen atoms in total. The Morgan fingerprint density at radius 3 is 2.57 bits per heavy atom. The minimum Gasteiger partial charge on any atom is -0.462 e. The van der Waals surface area contributed by atoms with Gasteiger partial charge in [0.2, 0.25) is 0 Å². The van der Waals surface area contributed by atoms with Crippen LogP contribution in [0.2, 0.25) is 0 Å². The van der Waals surface area contributed by atoms with Gasteiger partial charge < -0.3 is 4.74 Å². The fraction of sp³-hybridized carbons (Fsp3) is 0.158. The normalized spacial score (nSPS) is 10.7. The second-order valence-electron chi connectivity index (χ2n) is 5.20. The lowest BCUT2D eigenvalue weighted by atomic mass is 9.98. The SMILES string of the molecule is CCOC(=O)c1c(-c2ccccc2)nc(C)c2cc(F)ccc12. The van der Waals surface area contributed by atoms with Gasteiger partial charge in [-0.2, -0.15) is 0 Å². The van der Waals surface area contributed by atoms with Gasteiger partial charge in [0.25, 0.3) is 0 Å². The van der Waals surface area contributed by atoms with Crippen molar-refractivity contribution in [3.8, 4) is 11.3 Å². The van der Waals surface area contributed by atoms with E-state index in [2.05, 4.69) is 4.98 Å². The van der Waals surface area contributed by atoms with E-state index in [0.717, 1.165) is 5.56 Å². The van der Waals surface area contributed by atoms with Crippen molar-refractivity contribution in [2.45, 2.75) is 13.8 Å². The Kier molecular flexibility index (Phi) is 4.06. The number of aromatic nitrogens is 1. The number of benzene rings is 2. The number of ether oxygens (including phenoxy) is 1. The second-order valence-corrected chi connectivity index (χ2v) is 5.20. The van der Waals surface area contributed by atoms with Crippen LogP contribution in [-0.2, 0) is 4.74 Å². The maximum absolute atomic E-state index is 13.6. The number of nitrogens with zero attached hydrogens (tertiary/aromatic N) is 1. The molecular formula is C19H16FNO2. The quantitative estimate of drug-likeness (QED) is 0.667. The molecule has 23 heavy (non-hydrogen) atoms. The molecule has 0 fully saturated rings. The average Bonchev–Trinajstić information content (AvgIpc) is 2.56. The van der Waals surface area contributed by atoms with Crippen LogP contribution in [0.5, 0.6) is 0 Å². The van der Waals surface area contributed by atoms with Crippen LogP contribution < -0.4 is 0 Å². The Morgan fingerprint density at radius 1 is 1.13 bits per heavy atom. The summed E-state index contributed by atoms with van der Waals surface area (Å²) in [6, 6.07) is 13.8. The molecule has 0 aliphatic rings. The molecular weight excluding hydrogens is 293 g/mol. The third-order valence-electron chi connectivity index (χ3n) is 3.68. The zero-order valence-corrected chi connectivity index (χ0v) is 13.0. The first-order valence-corrected chi connectivity index (χ1v) is 7.44. The van der Waals surface area contributed by atoms with Gasteiger partial charge in [-0.3, -0.25) is 4.98 Å². The van der Waals surface area contributed by atoms with Crippen molar-refractivity contribution in [1.29, 1.82) is 0 Å². The van der Waals surface area contributed by atoms with Gasteiger partial charge in [-0.05, 0) is 26.0 Å². The number of carbonyl (C=O) groups excluding carboxylic acids is 1. The summed E-state index contributed by atoms with van der Waals surface area (Å²) in [6.45, 7) is 3.83. The summed E-state index contributed by atoms with van der Waals surface area (Å²) >= 11 is 0. The lowest BCUT2D eigenvalue weighted by molar-refractivity contribution is 0.0529. The molecule has 2 aromatic carbocycles. The van der Waals surface area contributed by atoms with Crippen LogP contribution in [0.25, 0.3) is 22.0 Å². The average molecular weight is 309 g/mol. The molecule has 0 aliphatic heterocycles. The van der Waals surface area contributed by atoms with Crippen molar-refractivity contribution in [2.75, 3.05) is 6.61 Å². The topological polar surface area (TPSA) is 39.2 Å². The molecule has 0 bridgehead atoms. The van der Waals surface area contributed by atoms with Crippen molar-refractivity contribution < 1.29 is 13.9 Å². The van der Waals surface area contributed by atoms with E-state index < -0.39 is 5.97 Å². The first-order valence-electron chi connectivity index (χ1n) is 7.44. The zero-order chi connectivity index (χ0) is 16.4. The van der Waals surface area contributed by atoms with Gasteiger partial charge in [-0.1, -0.05) is 36.4 Å². The number of carbonyl (C=O) groups is 1. The Balaban J connectivity index is 2.37. The second kappa shape index (κ2) is 6.16. The summed E-state index contributed by atoms with van der Waals surface area (Å²) < 4.78 is 18.8. The van der Waals surface area contributed by atoms with E-state index in [1.807, 2.05) is 37.3 Å². The predicted molar refractivity (Wildman–Crippen MR) is 87.8 cm³/mol. The number of esters is 1. The highest BCUT2D eigenvalue weighted by atomic mass is 19.1. The standard InChI is InChI=1S/C19H16FNO2/c1-3-23-19(22)17-15-10-9-14(20)11-16(15)12(2)21-18(17)13-7-5-4-6-8-13/h4-11H,3H2,1-2H3. The monoisotopic (exact) mass is 309 g/mol. The van der Waals surface area contributed by atoms with Gasteiger partial charge in [0.1, 0.15) is 5.82 Å². The fourth-order valence-electron chi connectivity index (χ4n) is 2.66. The van der Waals surface area contributed by atoms with Crippen molar-refractivity contribution in [2.24, 2.45) is 0 Å². The van der Waals surface area contributed by atoms with Crippen molar-refractivity contribution >= 4 is 16.7 Å². The van der Waals surface area contributed by atoms with Crippen LogP contribution in [0.15, 0.2) is 48.5 Å². The molecule has 3 aromatic rings. The van der Waals surface area contributed by atoms with Crippen molar-refractivity contribution in [3.63, 3.8) is 0 Å². The molecule has 0 unspecified atom stereocenters. The molecule has 0 spiro atoms.